The number of carbonyl (C=O) groups excluding carboxylic acids is 3. The Hall–Kier alpha value is -3.42. The molecule has 3 heterocycles. The molecule has 5 rings (SSSR count). The van der Waals surface area contributed by atoms with E-state index >= 15 is 0 Å². The number of aryl methyl sites for hydroxylation is 1. The predicted molar refractivity (Wildman–Crippen MR) is 123 cm³/mol. The van der Waals surface area contributed by atoms with E-state index in [0.717, 1.165) is 46.9 Å². The minimum Gasteiger partial charge on any atom is -0.357 e. The third-order valence-corrected chi connectivity index (χ3v) is 6.95. The van der Waals surface area contributed by atoms with E-state index in [4.69, 9.17) is 0 Å². The Kier molecular flexibility index (Phi) is 5.74. The standard InChI is InChI=1S/C25H29N5O3/c31-22(27-16-18-9-10-21(26-15-18)29-13-5-1-2-6-14-29)17-30-23(32)25(28-24(30)33)12-11-19-7-3-4-8-20(19)25/h3-4,7-10,15H,1-2,5-6,11-14,16-17H2,(H,27,31)(H,28,33). The Bertz CT molecular complexity index is 1060. The van der Waals surface area contributed by atoms with Crippen LogP contribution in [-0.2, 0) is 28.1 Å². The van der Waals surface area contributed by atoms with Crippen molar-refractivity contribution in [1.29, 1.82) is 0 Å². The van der Waals surface area contributed by atoms with Gasteiger partial charge in [-0.25, -0.2) is 9.78 Å². The van der Waals surface area contributed by atoms with Crippen LogP contribution in [0.2, 0.25) is 0 Å². The molecule has 2 N–H and O–H groups in total. The number of hydrogen-bond donors (Lipinski definition) is 2. The van der Waals surface area contributed by atoms with E-state index in [9.17, 15) is 14.4 Å². The number of hydrogen-bond acceptors (Lipinski definition) is 5. The number of rotatable bonds is 5. The minimum atomic E-state index is -1.04. The number of aromatic nitrogens is 1. The maximum atomic E-state index is 13.2. The molecule has 0 radical (unpaired) electrons. The molecule has 1 atom stereocenters. The molecule has 172 valence electrons. The fourth-order valence-corrected chi connectivity index (χ4v) is 5.14. The smallest absolute Gasteiger partial charge is 0.325 e. The van der Waals surface area contributed by atoms with Gasteiger partial charge in [-0.05, 0) is 48.4 Å². The highest BCUT2D eigenvalue weighted by Crippen LogP contribution is 2.41. The van der Waals surface area contributed by atoms with Crippen LogP contribution in [0, 0.1) is 0 Å². The van der Waals surface area contributed by atoms with E-state index in [-0.39, 0.29) is 18.4 Å². The molecule has 4 amide bonds. The zero-order chi connectivity index (χ0) is 22.8. The Balaban J connectivity index is 1.18. The lowest BCUT2D eigenvalue weighted by Gasteiger charge is -2.22. The van der Waals surface area contributed by atoms with Crippen LogP contribution in [0.15, 0.2) is 42.6 Å². The van der Waals surface area contributed by atoms with Crippen LogP contribution >= 0.6 is 0 Å². The molecule has 33 heavy (non-hydrogen) atoms. The van der Waals surface area contributed by atoms with Crippen LogP contribution in [0.3, 0.4) is 0 Å². The monoisotopic (exact) mass is 447 g/mol. The lowest BCUT2D eigenvalue weighted by Crippen LogP contribution is -2.43. The number of nitrogens with zero attached hydrogens (tertiary/aromatic N) is 3. The van der Waals surface area contributed by atoms with Gasteiger partial charge in [-0.2, -0.15) is 0 Å². The third-order valence-electron chi connectivity index (χ3n) is 6.95. The zero-order valence-electron chi connectivity index (χ0n) is 18.7. The van der Waals surface area contributed by atoms with Crippen molar-refractivity contribution in [3.63, 3.8) is 0 Å². The molecule has 1 aliphatic carbocycles. The van der Waals surface area contributed by atoms with E-state index in [1.165, 1.54) is 25.7 Å². The number of anilines is 1. The molecule has 3 aliphatic rings. The van der Waals surface area contributed by atoms with Gasteiger partial charge >= 0.3 is 6.03 Å². The van der Waals surface area contributed by atoms with Crippen LogP contribution < -0.4 is 15.5 Å². The topological polar surface area (TPSA) is 94.6 Å². The van der Waals surface area contributed by atoms with Crippen molar-refractivity contribution in [2.24, 2.45) is 0 Å². The summed E-state index contributed by atoms with van der Waals surface area (Å²) in [7, 11) is 0. The molecule has 2 aromatic rings. The number of benzene rings is 1. The highest BCUT2D eigenvalue weighted by molar-refractivity contribution is 6.09. The molecule has 1 aromatic carbocycles. The molecule has 0 bridgehead atoms. The molecule has 1 spiro atoms. The van der Waals surface area contributed by atoms with E-state index in [0.29, 0.717) is 13.0 Å². The van der Waals surface area contributed by atoms with Gasteiger partial charge in [0.05, 0.1) is 0 Å². The summed E-state index contributed by atoms with van der Waals surface area (Å²) in [5, 5.41) is 5.66. The normalized spacial score (nSPS) is 22.3. The fourth-order valence-electron chi connectivity index (χ4n) is 5.14. The van der Waals surface area contributed by atoms with Crippen molar-refractivity contribution in [2.45, 2.75) is 50.6 Å². The SMILES string of the molecule is O=C(CN1C(=O)NC2(CCc3ccccc32)C1=O)NCc1ccc(N2CCCCCC2)nc1. The summed E-state index contributed by atoms with van der Waals surface area (Å²) >= 11 is 0. The summed E-state index contributed by atoms with van der Waals surface area (Å²) in [4.78, 5) is 46.2. The Morgan fingerprint density at radius 2 is 1.85 bits per heavy atom. The first-order chi connectivity index (χ1) is 16.1. The summed E-state index contributed by atoms with van der Waals surface area (Å²) in [6.07, 6.45) is 7.94. The van der Waals surface area contributed by atoms with Crippen LogP contribution in [-0.4, -0.2) is 47.4 Å². The predicted octanol–water partition coefficient (Wildman–Crippen LogP) is 2.47. The van der Waals surface area contributed by atoms with E-state index < -0.39 is 11.6 Å². The molecule has 1 unspecified atom stereocenters. The second-order valence-corrected chi connectivity index (χ2v) is 9.09. The summed E-state index contributed by atoms with van der Waals surface area (Å²) < 4.78 is 0. The van der Waals surface area contributed by atoms with Gasteiger partial charge in [0.1, 0.15) is 17.9 Å². The van der Waals surface area contributed by atoms with Gasteiger partial charge in [0.15, 0.2) is 0 Å². The Morgan fingerprint density at radius 3 is 2.61 bits per heavy atom. The summed E-state index contributed by atoms with van der Waals surface area (Å²) in [6, 6.07) is 11.1. The minimum absolute atomic E-state index is 0.295. The molecule has 1 aromatic heterocycles. The number of pyridine rings is 1. The second kappa shape index (κ2) is 8.84. The molecular weight excluding hydrogens is 418 g/mol. The highest BCUT2D eigenvalue weighted by Gasteiger charge is 2.55. The summed E-state index contributed by atoms with van der Waals surface area (Å²) in [6.45, 7) is 2.06. The number of carbonyl (C=O) groups is 3. The first kappa shape index (κ1) is 21.4. The molecule has 8 heteroatoms. The van der Waals surface area contributed by atoms with Crippen molar-refractivity contribution in [2.75, 3.05) is 24.5 Å². The Labute approximate surface area is 193 Å². The van der Waals surface area contributed by atoms with E-state index in [1.807, 2.05) is 36.4 Å². The Morgan fingerprint density at radius 1 is 1.06 bits per heavy atom. The van der Waals surface area contributed by atoms with Gasteiger partial charge in [0.2, 0.25) is 5.91 Å². The van der Waals surface area contributed by atoms with Crippen LogP contribution in [0.5, 0.6) is 0 Å². The zero-order valence-corrected chi connectivity index (χ0v) is 18.7. The van der Waals surface area contributed by atoms with Crippen molar-refractivity contribution in [3.8, 4) is 0 Å². The number of nitrogens with one attached hydrogen (secondary N) is 2. The first-order valence-electron chi connectivity index (χ1n) is 11.8. The number of imide groups is 1. The second-order valence-electron chi connectivity index (χ2n) is 9.09. The molecule has 8 nitrogen and oxygen atoms in total. The molecule has 0 saturated carbocycles. The maximum Gasteiger partial charge on any atom is 0.325 e. The number of amides is 4. The van der Waals surface area contributed by atoms with Gasteiger partial charge in [-0.3, -0.25) is 14.5 Å². The third kappa shape index (κ3) is 4.05. The van der Waals surface area contributed by atoms with Crippen molar-refractivity contribution in [3.05, 3.63) is 59.3 Å². The van der Waals surface area contributed by atoms with Crippen LogP contribution in [0.4, 0.5) is 10.6 Å². The van der Waals surface area contributed by atoms with Gasteiger partial charge in [-0.15, -0.1) is 0 Å². The average molecular weight is 448 g/mol. The summed E-state index contributed by atoms with van der Waals surface area (Å²) in [5.41, 5.74) is 1.73. The van der Waals surface area contributed by atoms with Gasteiger partial charge in [0.25, 0.3) is 5.91 Å². The van der Waals surface area contributed by atoms with Gasteiger partial charge in [0, 0.05) is 25.8 Å². The van der Waals surface area contributed by atoms with Crippen molar-refractivity contribution >= 4 is 23.7 Å². The quantitative estimate of drug-likeness (QED) is 0.687. The first-order valence-corrected chi connectivity index (χ1v) is 11.8. The number of urea groups is 1. The largest absolute Gasteiger partial charge is 0.357 e. The number of fused-ring (bicyclic) bond motifs is 2. The fraction of sp³-hybridized carbons (Fsp3) is 0.440. The van der Waals surface area contributed by atoms with Gasteiger partial charge in [-0.1, -0.05) is 43.2 Å². The van der Waals surface area contributed by atoms with E-state index in [1.54, 1.807) is 6.20 Å². The highest BCUT2D eigenvalue weighted by atomic mass is 16.2. The molecular formula is C25H29N5O3. The molecule has 2 aliphatic heterocycles. The van der Waals surface area contributed by atoms with Crippen molar-refractivity contribution < 1.29 is 14.4 Å². The lowest BCUT2D eigenvalue weighted by atomic mass is 9.92. The lowest BCUT2D eigenvalue weighted by molar-refractivity contribution is -0.135. The average Bonchev–Trinajstić information content (AvgIpc) is 3.15. The van der Waals surface area contributed by atoms with E-state index in [2.05, 4.69) is 20.5 Å². The van der Waals surface area contributed by atoms with Crippen molar-refractivity contribution in [1.82, 2.24) is 20.5 Å². The van der Waals surface area contributed by atoms with Crippen LogP contribution in [0.25, 0.3) is 0 Å². The van der Waals surface area contributed by atoms with Gasteiger partial charge < -0.3 is 15.5 Å². The molecule has 2 saturated heterocycles. The van der Waals surface area contributed by atoms with Crippen LogP contribution in [0.1, 0.15) is 48.8 Å². The maximum absolute atomic E-state index is 13.2. The molecule has 2 fully saturated rings. The summed E-state index contributed by atoms with van der Waals surface area (Å²) in [5.74, 6) is 0.239.